The van der Waals surface area contributed by atoms with Gasteiger partial charge >= 0.3 is 0 Å². The Bertz CT molecular complexity index is 669. The Hall–Kier alpha value is -1.91. The highest BCUT2D eigenvalue weighted by Crippen LogP contribution is 2.28. The van der Waals surface area contributed by atoms with E-state index in [0.717, 1.165) is 50.9 Å². The first-order valence-electron chi connectivity index (χ1n) is 9.78. The quantitative estimate of drug-likeness (QED) is 0.830. The molecule has 3 aliphatic rings. The number of hydrogen-bond acceptors (Lipinski definition) is 3. The monoisotopic (exact) mass is 341 g/mol. The van der Waals surface area contributed by atoms with Gasteiger partial charge in [-0.15, -0.1) is 0 Å². The van der Waals surface area contributed by atoms with Gasteiger partial charge in [-0.3, -0.25) is 14.6 Å². The summed E-state index contributed by atoms with van der Waals surface area (Å²) in [6.45, 7) is 2.81. The SMILES string of the molecule is O=C(c1cnc2c(c1)CCCC2)N1CCCN(C(=O)C2CCC2)CC1. The number of amides is 2. The van der Waals surface area contributed by atoms with Gasteiger partial charge in [-0.05, 0) is 56.6 Å². The minimum atomic E-state index is 0.0683. The van der Waals surface area contributed by atoms with Gasteiger partial charge in [0.2, 0.25) is 5.91 Å². The molecule has 2 fully saturated rings. The summed E-state index contributed by atoms with van der Waals surface area (Å²) in [4.78, 5) is 33.8. The molecule has 0 spiro atoms. The van der Waals surface area contributed by atoms with Crippen molar-refractivity contribution < 1.29 is 9.59 Å². The molecule has 1 saturated heterocycles. The van der Waals surface area contributed by atoms with Crippen molar-refractivity contribution in [2.45, 2.75) is 51.4 Å². The first-order valence-corrected chi connectivity index (χ1v) is 9.78. The van der Waals surface area contributed by atoms with Gasteiger partial charge in [0, 0.05) is 44.0 Å². The van der Waals surface area contributed by atoms with Crippen LogP contribution in [0.25, 0.3) is 0 Å². The van der Waals surface area contributed by atoms with Gasteiger partial charge in [0.1, 0.15) is 0 Å². The van der Waals surface area contributed by atoms with E-state index in [1.807, 2.05) is 15.9 Å². The fourth-order valence-corrected chi connectivity index (χ4v) is 4.14. The number of aryl methyl sites for hydroxylation is 2. The van der Waals surface area contributed by atoms with E-state index in [9.17, 15) is 9.59 Å². The maximum absolute atomic E-state index is 12.9. The molecule has 2 amide bonds. The second-order valence-electron chi connectivity index (χ2n) is 7.64. The summed E-state index contributed by atoms with van der Waals surface area (Å²) in [5.41, 5.74) is 3.11. The van der Waals surface area contributed by atoms with Gasteiger partial charge in [-0.25, -0.2) is 0 Å². The van der Waals surface area contributed by atoms with Crippen molar-refractivity contribution in [3.63, 3.8) is 0 Å². The van der Waals surface area contributed by atoms with Crippen LogP contribution in [0.1, 0.15) is 60.1 Å². The number of pyridine rings is 1. The summed E-state index contributed by atoms with van der Waals surface area (Å²) in [5, 5.41) is 0. The molecule has 1 aliphatic heterocycles. The molecule has 4 rings (SSSR count). The molecule has 5 nitrogen and oxygen atoms in total. The number of aromatic nitrogens is 1. The number of fused-ring (bicyclic) bond motifs is 1. The predicted molar refractivity (Wildman–Crippen MR) is 95.3 cm³/mol. The van der Waals surface area contributed by atoms with Crippen LogP contribution in [0.3, 0.4) is 0 Å². The molecule has 2 heterocycles. The van der Waals surface area contributed by atoms with Gasteiger partial charge in [-0.2, -0.15) is 0 Å². The van der Waals surface area contributed by atoms with Gasteiger partial charge < -0.3 is 9.80 Å². The van der Waals surface area contributed by atoms with E-state index in [4.69, 9.17) is 0 Å². The second-order valence-corrected chi connectivity index (χ2v) is 7.64. The highest BCUT2D eigenvalue weighted by molar-refractivity contribution is 5.94. The molecule has 134 valence electrons. The zero-order valence-electron chi connectivity index (χ0n) is 14.9. The fraction of sp³-hybridized carbons (Fsp3) is 0.650. The first-order chi connectivity index (χ1) is 12.2. The van der Waals surface area contributed by atoms with Crippen LogP contribution in [-0.2, 0) is 17.6 Å². The summed E-state index contributed by atoms with van der Waals surface area (Å²) in [7, 11) is 0. The molecule has 1 aromatic rings. The highest BCUT2D eigenvalue weighted by Gasteiger charge is 2.31. The largest absolute Gasteiger partial charge is 0.341 e. The summed E-state index contributed by atoms with van der Waals surface area (Å²) in [5.74, 6) is 0.613. The lowest BCUT2D eigenvalue weighted by atomic mass is 9.84. The highest BCUT2D eigenvalue weighted by atomic mass is 16.2. The minimum Gasteiger partial charge on any atom is -0.341 e. The molecule has 5 heteroatoms. The average Bonchev–Trinajstić information content (AvgIpc) is 2.85. The molecule has 0 radical (unpaired) electrons. The molecule has 0 bridgehead atoms. The first kappa shape index (κ1) is 16.6. The third kappa shape index (κ3) is 3.42. The van der Waals surface area contributed by atoms with E-state index in [-0.39, 0.29) is 11.8 Å². The molecule has 1 aromatic heterocycles. The Labute approximate surface area is 149 Å². The second kappa shape index (κ2) is 7.14. The lowest BCUT2D eigenvalue weighted by molar-refractivity contribution is -0.138. The van der Waals surface area contributed by atoms with Crippen LogP contribution < -0.4 is 0 Å². The molecule has 25 heavy (non-hydrogen) atoms. The van der Waals surface area contributed by atoms with Crippen molar-refractivity contribution >= 4 is 11.8 Å². The Morgan fingerprint density at radius 2 is 1.68 bits per heavy atom. The maximum atomic E-state index is 12.9. The van der Waals surface area contributed by atoms with Gasteiger partial charge in [0.05, 0.1) is 5.56 Å². The number of nitrogens with zero attached hydrogens (tertiary/aromatic N) is 3. The number of hydrogen-bond donors (Lipinski definition) is 0. The Balaban J connectivity index is 1.41. The zero-order valence-corrected chi connectivity index (χ0v) is 14.9. The van der Waals surface area contributed by atoms with Crippen molar-refractivity contribution in [3.05, 3.63) is 29.1 Å². The summed E-state index contributed by atoms with van der Waals surface area (Å²) >= 11 is 0. The maximum Gasteiger partial charge on any atom is 0.255 e. The van der Waals surface area contributed by atoms with Crippen molar-refractivity contribution in [1.82, 2.24) is 14.8 Å². The van der Waals surface area contributed by atoms with Crippen LogP contribution in [-0.4, -0.2) is 52.8 Å². The van der Waals surface area contributed by atoms with Gasteiger partial charge in [0.25, 0.3) is 5.91 Å². The number of carbonyl (C=O) groups excluding carboxylic acids is 2. The van der Waals surface area contributed by atoms with E-state index >= 15 is 0 Å². The van der Waals surface area contributed by atoms with Crippen LogP contribution in [0.4, 0.5) is 0 Å². The molecule has 0 atom stereocenters. The van der Waals surface area contributed by atoms with Crippen molar-refractivity contribution in [1.29, 1.82) is 0 Å². The summed E-state index contributed by atoms with van der Waals surface area (Å²) in [6.07, 6.45) is 10.3. The van der Waals surface area contributed by atoms with Gasteiger partial charge in [0.15, 0.2) is 0 Å². The molecular weight excluding hydrogens is 314 g/mol. The normalized spacial score (nSPS) is 21.3. The number of carbonyl (C=O) groups is 2. The zero-order chi connectivity index (χ0) is 17.2. The average molecular weight is 341 g/mol. The summed E-state index contributed by atoms with van der Waals surface area (Å²) in [6, 6.07) is 2.05. The minimum absolute atomic E-state index is 0.0683. The van der Waals surface area contributed by atoms with Crippen molar-refractivity contribution in [2.75, 3.05) is 26.2 Å². The molecule has 2 aliphatic carbocycles. The van der Waals surface area contributed by atoms with Gasteiger partial charge in [-0.1, -0.05) is 6.42 Å². The van der Waals surface area contributed by atoms with Crippen LogP contribution in [0.2, 0.25) is 0 Å². The summed E-state index contributed by atoms with van der Waals surface area (Å²) < 4.78 is 0. The van der Waals surface area contributed by atoms with Crippen molar-refractivity contribution in [2.24, 2.45) is 5.92 Å². The van der Waals surface area contributed by atoms with E-state index in [2.05, 4.69) is 4.98 Å². The lowest BCUT2D eigenvalue weighted by Crippen LogP contribution is -2.41. The molecule has 0 unspecified atom stereocenters. The lowest BCUT2D eigenvalue weighted by Gasteiger charge is -2.31. The van der Waals surface area contributed by atoms with Crippen LogP contribution in [0.5, 0.6) is 0 Å². The third-order valence-corrected chi connectivity index (χ3v) is 5.97. The van der Waals surface area contributed by atoms with E-state index in [0.29, 0.717) is 24.6 Å². The van der Waals surface area contributed by atoms with E-state index < -0.39 is 0 Å². The van der Waals surface area contributed by atoms with Crippen LogP contribution in [0, 0.1) is 5.92 Å². The molecule has 0 N–H and O–H groups in total. The standard InChI is InChI=1S/C20H27N3O2/c24-19(15-6-3-7-15)22-9-4-10-23(12-11-22)20(25)17-13-16-5-1-2-8-18(16)21-14-17/h13-15H,1-12H2. The van der Waals surface area contributed by atoms with Crippen molar-refractivity contribution in [3.8, 4) is 0 Å². The predicted octanol–water partition coefficient (Wildman–Crippen LogP) is 2.44. The van der Waals surface area contributed by atoms with E-state index in [1.165, 1.54) is 24.8 Å². The third-order valence-electron chi connectivity index (χ3n) is 5.97. The Morgan fingerprint density at radius 1 is 0.920 bits per heavy atom. The molecule has 0 aromatic carbocycles. The Morgan fingerprint density at radius 3 is 2.48 bits per heavy atom. The Kier molecular flexibility index (Phi) is 4.73. The van der Waals surface area contributed by atoms with Crippen LogP contribution >= 0.6 is 0 Å². The van der Waals surface area contributed by atoms with E-state index in [1.54, 1.807) is 6.20 Å². The topological polar surface area (TPSA) is 53.5 Å². The van der Waals surface area contributed by atoms with Crippen LogP contribution in [0.15, 0.2) is 12.3 Å². The smallest absolute Gasteiger partial charge is 0.255 e. The number of rotatable bonds is 2. The fourth-order valence-electron chi connectivity index (χ4n) is 4.14. The molecule has 1 saturated carbocycles. The molecular formula is C20H27N3O2.